The molecule has 3 aromatic rings. The van der Waals surface area contributed by atoms with Crippen LogP contribution in [-0.2, 0) is 7.05 Å². The van der Waals surface area contributed by atoms with Crippen LogP contribution in [0.2, 0.25) is 0 Å². The van der Waals surface area contributed by atoms with Crippen molar-refractivity contribution in [3.05, 3.63) is 48.5 Å². The number of aromatic nitrogens is 1. The minimum Gasteiger partial charge on any atom is -0.497 e. The quantitative estimate of drug-likeness (QED) is 0.719. The van der Waals surface area contributed by atoms with E-state index in [1.807, 2.05) is 30.3 Å². The third kappa shape index (κ3) is 1.92. The van der Waals surface area contributed by atoms with Crippen molar-refractivity contribution in [3.8, 4) is 22.8 Å². The zero-order valence-corrected chi connectivity index (χ0v) is 11.9. The van der Waals surface area contributed by atoms with Crippen LogP contribution in [0.3, 0.4) is 0 Å². The van der Waals surface area contributed by atoms with Crippen LogP contribution in [-0.4, -0.2) is 18.8 Å². The van der Waals surface area contributed by atoms with Gasteiger partial charge >= 0.3 is 0 Å². The van der Waals surface area contributed by atoms with E-state index >= 15 is 0 Å². The lowest BCUT2D eigenvalue weighted by Crippen LogP contribution is -1.94. The first-order valence-electron chi connectivity index (χ1n) is 6.51. The van der Waals surface area contributed by atoms with Crippen molar-refractivity contribution >= 4 is 10.9 Å². The van der Waals surface area contributed by atoms with E-state index in [0.29, 0.717) is 0 Å². The number of hydrogen-bond acceptors (Lipinski definition) is 2. The molecule has 0 aliphatic carbocycles. The Morgan fingerprint density at radius 1 is 0.900 bits per heavy atom. The van der Waals surface area contributed by atoms with Crippen LogP contribution in [0.1, 0.15) is 0 Å². The van der Waals surface area contributed by atoms with Crippen LogP contribution >= 0.6 is 0 Å². The molecule has 0 unspecified atom stereocenters. The molecule has 1 aromatic heterocycles. The molecular weight excluding hydrogens is 250 g/mol. The molecule has 3 nitrogen and oxygen atoms in total. The Balaban J connectivity index is 2.29. The summed E-state index contributed by atoms with van der Waals surface area (Å²) in [7, 11) is 5.41. The first kappa shape index (κ1) is 12.6. The van der Waals surface area contributed by atoms with Gasteiger partial charge in [0.2, 0.25) is 0 Å². The molecule has 2 aromatic carbocycles. The first-order chi connectivity index (χ1) is 9.74. The molecule has 0 bridgehead atoms. The van der Waals surface area contributed by atoms with Crippen LogP contribution in [0.4, 0.5) is 0 Å². The highest BCUT2D eigenvalue weighted by Gasteiger charge is 2.13. The fourth-order valence-corrected chi connectivity index (χ4v) is 2.60. The lowest BCUT2D eigenvalue weighted by molar-refractivity contribution is 0.397. The molecule has 3 heteroatoms. The van der Waals surface area contributed by atoms with Crippen LogP contribution in [0.15, 0.2) is 48.5 Å². The second-order valence-corrected chi connectivity index (χ2v) is 4.72. The van der Waals surface area contributed by atoms with E-state index in [-0.39, 0.29) is 0 Å². The first-order valence-corrected chi connectivity index (χ1v) is 6.51. The van der Waals surface area contributed by atoms with Gasteiger partial charge in [0, 0.05) is 24.2 Å². The molecule has 0 saturated heterocycles. The second kappa shape index (κ2) is 4.93. The van der Waals surface area contributed by atoms with Gasteiger partial charge in [-0.1, -0.05) is 30.3 Å². The van der Waals surface area contributed by atoms with E-state index in [1.54, 1.807) is 14.2 Å². The summed E-state index contributed by atoms with van der Waals surface area (Å²) in [6.45, 7) is 0. The highest BCUT2D eigenvalue weighted by atomic mass is 16.5. The number of hydrogen-bond donors (Lipinski definition) is 0. The van der Waals surface area contributed by atoms with Gasteiger partial charge in [-0.2, -0.15) is 0 Å². The number of aryl methyl sites for hydroxylation is 1. The zero-order chi connectivity index (χ0) is 14.1. The van der Waals surface area contributed by atoms with Gasteiger partial charge in [-0.25, -0.2) is 0 Å². The second-order valence-electron chi connectivity index (χ2n) is 4.72. The summed E-state index contributed by atoms with van der Waals surface area (Å²) >= 11 is 0. The molecular formula is C17H17NO2. The molecule has 0 aliphatic rings. The molecule has 1 heterocycles. The Labute approximate surface area is 118 Å². The van der Waals surface area contributed by atoms with E-state index in [9.17, 15) is 0 Å². The minimum atomic E-state index is 0.805. The maximum atomic E-state index is 5.50. The molecule has 20 heavy (non-hydrogen) atoms. The third-order valence-corrected chi connectivity index (χ3v) is 3.59. The highest BCUT2D eigenvalue weighted by Crippen LogP contribution is 2.36. The Hall–Kier alpha value is -2.42. The molecule has 0 spiro atoms. The van der Waals surface area contributed by atoms with Gasteiger partial charge in [0.1, 0.15) is 11.5 Å². The van der Waals surface area contributed by atoms with Crippen molar-refractivity contribution < 1.29 is 9.47 Å². The Morgan fingerprint density at radius 2 is 1.65 bits per heavy atom. The molecule has 0 amide bonds. The molecule has 0 radical (unpaired) electrons. The molecule has 0 N–H and O–H groups in total. The van der Waals surface area contributed by atoms with Gasteiger partial charge in [0.25, 0.3) is 0 Å². The molecule has 0 aliphatic heterocycles. The topological polar surface area (TPSA) is 23.4 Å². The maximum absolute atomic E-state index is 5.50. The number of ether oxygens (including phenoxy) is 2. The van der Waals surface area contributed by atoms with Gasteiger partial charge in [-0.05, 0) is 17.7 Å². The van der Waals surface area contributed by atoms with Gasteiger partial charge in [0.15, 0.2) is 0 Å². The summed E-state index contributed by atoms with van der Waals surface area (Å²) in [6.07, 6.45) is 0. The van der Waals surface area contributed by atoms with Gasteiger partial charge < -0.3 is 14.0 Å². The van der Waals surface area contributed by atoms with Crippen molar-refractivity contribution in [1.29, 1.82) is 0 Å². The lowest BCUT2D eigenvalue weighted by atomic mass is 10.1. The van der Waals surface area contributed by atoms with Crippen LogP contribution in [0.25, 0.3) is 22.2 Å². The van der Waals surface area contributed by atoms with E-state index in [0.717, 1.165) is 28.1 Å². The summed E-state index contributed by atoms with van der Waals surface area (Å²) < 4.78 is 13.0. The standard InChI is InChI=1S/C17H17NO2/c1-18-15(12-7-5-4-6-8-12)10-13-9-14(19-2)11-16(20-3)17(13)18/h4-11H,1-3H3. The monoisotopic (exact) mass is 267 g/mol. The smallest absolute Gasteiger partial charge is 0.146 e. The molecule has 0 fully saturated rings. The van der Waals surface area contributed by atoms with Crippen molar-refractivity contribution in [3.63, 3.8) is 0 Å². The van der Waals surface area contributed by atoms with Crippen LogP contribution in [0.5, 0.6) is 11.5 Å². The largest absolute Gasteiger partial charge is 0.497 e. The van der Waals surface area contributed by atoms with Gasteiger partial charge in [-0.15, -0.1) is 0 Å². The zero-order valence-electron chi connectivity index (χ0n) is 11.9. The van der Waals surface area contributed by atoms with Crippen molar-refractivity contribution in [2.75, 3.05) is 14.2 Å². The van der Waals surface area contributed by atoms with Gasteiger partial charge in [0.05, 0.1) is 19.7 Å². The number of nitrogens with zero attached hydrogens (tertiary/aromatic N) is 1. The number of rotatable bonds is 3. The Kier molecular flexibility index (Phi) is 3.11. The molecule has 0 saturated carbocycles. The fourth-order valence-electron chi connectivity index (χ4n) is 2.60. The number of methoxy groups -OCH3 is 2. The summed E-state index contributed by atoms with van der Waals surface area (Å²) in [5.41, 5.74) is 3.42. The van der Waals surface area contributed by atoms with E-state index < -0.39 is 0 Å². The fraction of sp³-hybridized carbons (Fsp3) is 0.176. The number of benzene rings is 2. The van der Waals surface area contributed by atoms with Crippen molar-refractivity contribution in [1.82, 2.24) is 4.57 Å². The van der Waals surface area contributed by atoms with E-state index in [2.05, 4.69) is 29.8 Å². The average Bonchev–Trinajstić information content (AvgIpc) is 2.84. The highest BCUT2D eigenvalue weighted by molar-refractivity contribution is 5.92. The van der Waals surface area contributed by atoms with Gasteiger partial charge in [-0.3, -0.25) is 0 Å². The summed E-state index contributed by atoms with van der Waals surface area (Å²) in [5.74, 6) is 1.63. The lowest BCUT2D eigenvalue weighted by Gasteiger charge is -2.09. The predicted octanol–water partition coefficient (Wildman–Crippen LogP) is 3.86. The average molecular weight is 267 g/mol. The molecule has 3 rings (SSSR count). The normalized spacial score (nSPS) is 10.8. The number of fused-ring (bicyclic) bond motifs is 1. The summed E-state index contributed by atoms with van der Waals surface area (Å²) in [5, 5.41) is 1.11. The Bertz CT molecular complexity index is 745. The Morgan fingerprint density at radius 3 is 2.30 bits per heavy atom. The molecule has 102 valence electrons. The van der Waals surface area contributed by atoms with Crippen molar-refractivity contribution in [2.24, 2.45) is 7.05 Å². The summed E-state index contributed by atoms with van der Waals surface area (Å²) in [6, 6.07) is 16.4. The van der Waals surface area contributed by atoms with Crippen LogP contribution < -0.4 is 9.47 Å². The van der Waals surface area contributed by atoms with E-state index in [4.69, 9.17) is 9.47 Å². The predicted molar refractivity (Wildman–Crippen MR) is 81.5 cm³/mol. The van der Waals surface area contributed by atoms with Crippen molar-refractivity contribution in [2.45, 2.75) is 0 Å². The summed E-state index contributed by atoms with van der Waals surface area (Å²) in [4.78, 5) is 0. The minimum absolute atomic E-state index is 0.805. The SMILES string of the molecule is COc1cc(OC)c2c(c1)cc(-c1ccccc1)n2C. The maximum Gasteiger partial charge on any atom is 0.146 e. The van der Waals surface area contributed by atoms with E-state index in [1.165, 1.54) is 5.56 Å². The third-order valence-electron chi connectivity index (χ3n) is 3.59. The molecule has 0 atom stereocenters. The van der Waals surface area contributed by atoms with Crippen LogP contribution in [0, 0.1) is 0 Å².